The topological polar surface area (TPSA) is 88.5 Å². The van der Waals surface area contributed by atoms with Gasteiger partial charge in [-0.25, -0.2) is 9.98 Å². The number of guanidine groups is 1. The van der Waals surface area contributed by atoms with Gasteiger partial charge in [-0.2, -0.15) is 0 Å². The minimum Gasteiger partial charge on any atom is -0.383 e. The molecule has 1 unspecified atom stereocenters. The summed E-state index contributed by atoms with van der Waals surface area (Å²) in [7, 11) is 1.66. The normalized spacial score (nSPS) is 16.8. The van der Waals surface area contributed by atoms with Gasteiger partial charge in [-0.15, -0.1) is 0 Å². The van der Waals surface area contributed by atoms with Gasteiger partial charge in [-0.05, 0) is 42.7 Å². The summed E-state index contributed by atoms with van der Waals surface area (Å²) < 4.78 is 5.24. The fourth-order valence-corrected chi connectivity index (χ4v) is 2.86. The molecule has 3 heterocycles. The van der Waals surface area contributed by atoms with Crippen molar-refractivity contribution >= 4 is 29.0 Å². The summed E-state index contributed by atoms with van der Waals surface area (Å²) in [6, 6.07) is 7.50. The number of carbonyl (C=O) groups is 1. The minimum absolute atomic E-state index is 0.0864. The highest BCUT2D eigenvalue weighted by atomic mass is 16.5. The molecule has 0 aliphatic carbocycles. The third kappa shape index (κ3) is 4.43. The van der Waals surface area contributed by atoms with Gasteiger partial charge in [0.1, 0.15) is 5.70 Å². The van der Waals surface area contributed by atoms with E-state index < -0.39 is 0 Å². The van der Waals surface area contributed by atoms with E-state index >= 15 is 0 Å². The second-order valence-corrected chi connectivity index (χ2v) is 6.65. The maximum absolute atomic E-state index is 12.2. The van der Waals surface area contributed by atoms with E-state index in [4.69, 9.17) is 4.74 Å². The maximum atomic E-state index is 12.2. The summed E-state index contributed by atoms with van der Waals surface area (Å²) >= 11 is 0. The monoisotopic (exact) mass is 353 g/mol. The Hall–Kier alpha value is -2.80. The van der Waals surface area contributed by atoms with Gasteiger partial charge >= 0.3 is 0 Å². The molecule has 7 nitrogen and oxygen atoms in total. The number of aliphatic imine (C=N–C) groups is 1. The van der Waals surface area contributed by atoms with Gasteiger partial charge in [0.25, 0.3) is 5.91 Å². The van der Waals surface area contributed by atoms with Gasteiger partial charge < -0.3 is 10.1 Å². The first kappa shape index (κ1) is 18.0. The third-order valence-corrected chi connectivity index (χ3v) is 3.92. The molecule has 2 N–H and O–H groups in total. The van der Waals surface area contributed by atoms with Gasteiger partial charge in [0.2, 0.25) is 5.96 Å². The lowest BCUT2D eigenvalue weighted by atomic mass is 10.0. The lowest BCUT2D eigenvalue weighted by Crippen LogP contribution is -2.45. The Balaban J connectivity index is 1.78. The Morgan fingerprint density at radius 1 is 1.27 bits per heavy atom. The van der Waals surface area contributed by atoms with Crippen molar-refractivity contribution in [3.63, 3.8) is 0 Å². The van der Waals surface area contributed by atoms with Crippen molar-refractivity contribution in [3.05, 3.63) is 41.9 Å². The van der Waals surface area contributed by atoms with Crippen molar-refractivity contribution in [2.75, 3.05) is 13.7 Å². The molecule has 136 valence electrons. The predicted octanol–water partition coefficient (Wildman–Crippen LogP) is 2.11. The van der Waals surface area contributed by atoms with Crippen LogP contribution in [0.1, 0.15) is 26.0 Å². The molecule has 0 saturated heterocycles. The molecule has 26 heavy (non-hydrogen) atoms. The van der Waals surface area contributed by atoms with Crippen LogP contribution >= 0.6 is 0 Å². The molecule has 1 atom stereocenters. The number of rotatable bonds is 6. The van der Waals surface area contributed by atoms with Crippen LogP contribution in [0.25, 0.3) is 17.1 Å². The summed E-state index contributed by atoms with van der Waals surface area (Å²) in [6.45, 7) is 4.83. The van der Waals surface area contributed by atoms with Gasteiger partial charge in [0.05, 0.1) is 29.4 Å². The van der Waals surface area contributed by atoms with E-state index in [1.54, 1.807) is 19.4 Å². The van der Waals surface area contributed by atoms with Crippen molar-refractivity contribution in [1.29, 1.82) is 0 Å². The van der Waals surface area contributed by atoms with Crippen LogP contribution in [0.4, 0.5) is 0 Å². The highest BCUT2D eigenvalue weighted by Gasteiger charge is 2.22. The molecule has 1 amide bonds. The average Bonchev–Trinajstić information content (AvgIpc) is 2.93. The molecule has 7 heteroatoms. The highest BCUT2D eigenvalue weighted by molar-refractivity contribution is 6.13. The molecule has 0 aromatic carbocycles. The van der Waals surface area contributed by atoms with Gasteiger partial charge in [-0.3, -0.25) is 15.1 Å². The van der Waals surface area contributed by atoms with E-state index in [0.29, 0.717) is 29.9 Å². The zero-order valence-corrected chi connectivity index (χ0v) is 15.2. The van der Waals surface area contributed by atoms with Crippen LogP contribution in [-0.2, 0) is 9.53 Å². The Labute approximate surface area is 152 Å². The van der Waals surface area contributed by atoms with Crippen LogP contribution in [0.2, 0.25) is 0 Å². The molecule has 3 rings (SSSR count). The fourth-order valence-electron chi connectivity index (χ4n) is 2.86. The van der Waals surface area contributed by atoms with Crippen LogP contribution < -0.4 is 10.6 Å². The van der Waals surface area contributed by atoms with E-state index in [2.05, 4.69) is 39.4 Å². The van der Waals surface area contributed by atoms with Crippen molar-refractivity contribution in [2.24, 2.45) is 10.9 Å². The summed E-state index contributed by atoms with van der Waals surface area (Å²) in [5.41, 5.74) is 2.58. The summed E-state index contributed by atoms with van der Waals surface area (Å²) in [6.07, 6.45) is 4.31. The lowest BCUT2D eigenvalue weighted by Gasteiger charge is -2.20. The molecule has 0 radical (unpaired) electrons. The van der Waals surface area contributed by atoms with Crippen LogP contribution in [0.3, 0.4) is 0 Å². The van der Waals surface area contributed by atoms with Crippen molar-refractivity contribution in [2.45, 2.75) is 26.3 Å². The number of ether oxygens (including phenoxy) is 1. The summed E-state index contributed by atoms with van der Waals surface area (Å²) in [5.74, 6) is 0.707. The van der Waals surface area contributed by atoms with Crippen LogP contribution in [0.5, 0.6) is 0 Å². The number of nitrogens with one attached hydrogen (secondary N) is 2. The molecule has 2 aromatic rings. The molecule has 1 aliphatic heterocycles. The van der Waals surface area contributed by atoms with Gasteiger partial charge in [0.15, 0.2) is 0 Å². The molecule has 0 bridgehead atoms. The number of carbonyl (C=O) groups excluding carboxylic acids is 1. The van der Waals surface area contributed by atoms with E-state index in [1.807, 2.05) is 24.3 Å². The number of pyridine rings is 2. The first-order chi connectivity index (χ1) is 12.5. The summed E-state index contributed by atoms with van der Waals surface area (Å²) in [4.78, 5) is 25.3. The molecular formula is C19H23N5O2. The van der Waals surface area contributed by atoms with Crippen molar-refractivity contribution < 1.29 is 9.53 Å². The molecule has 0 saturated carbocycles. The molecule has 0 spiro atoms. The molecule has 2 aromatic heterocycles. The first-order valence-corrected chi connectivity index (χ1v) is 8.64. The standard InChI is InChI=1S/C19H23N5O2/c1-12(2)9-14(11-26-3)22-19-23-17(18(25)24-19)10-13-6-7-15-16(21-13)5-4-8-20-15/h4-8,10,12,14H,9,11H2,1-3H3,(H2,22,23,24,25)/b17-10-. The smallest absolute Gasteiger partial charge is 0.276 e. The van der Waals surface area contributed by atoms with E-state index in [9.17, 15) is 4.79 Å². The fraction of sp³-hybridized carbons (Fsp3) is 0.368. The quantitative estimate of drug-likeness (QED) is 0.777. The average molecular weight is 353 g/mol. The van der Waals surface area contributed by atoms with E-state index in [1.165, 1.54) is 0 Å². The second-order valence-electron chi connectivity index (χ2n) is 6.65. The van der Waals surface area contributed by atoms with Gasteiger partial charge in [0, 0.05) is 13.3 Å². The Morgan fingerprint density at radius 3 is 2.88 bits per heavy atom. The third-order valence-electron chi connectivity index (χ3n) is 3.92. The molecule has 0 fully saturated rings. The van der Waals surface area contributed by atoms with E-state index in [-0.39, 0.29) is 11.9 Å². The van der Waals surface area contributed by atoms with Crippen LogP contribution in [0, 0.1) is 5.92 Å². The maximum Gasteiger partial charge on any atom is 0.276 e. The molecule has 1 aliphatic rings. The number of amides is 1. The Bertz CT molecular complexity index is 860. The lowest BCUT2D eigenvalue weighted by molar-refractivity contribution is -0.115. The van der Waals surface area contributed by atoms with E-state index in [0.717, 1.165) is 17.5 Å². The Kier molecular flexibility index (Phi) is 5.58. The number of hydrogen-bond acceptors (Lipinski definition) is 6. The second kappa shape index (κ2) is 8.05. The van der Waals surface area contributed by atoms with Crippen LogP contribution in [-0.4, -0.2) is 41.6 Å². The number of fused-ring (bicyclic) bond motifs is 1. The molecular weight excluding hydrogens is 330 g/mol. The first-order valence-electron chi connectivity index (χ1n) is 8.64. The SMILES string of the molecule is COCC(CC(C)C)NC1=N/C(=C\c2ccc3ncccc3n2)C(=O)N1. The summed E-state index contributed by atoms with van der Waals surface area (Å²) in [5, 5.41) is 6.01. The highest BCUT2D eigenvalue weighted by Crippen LogP contribution is 2.14. The number of hydrogen-bond donors (Lipinski definition) is 2. The zero-order chi connectivity index (χ0) is 18.5. The largest absolute Gasteiger partial charge is 0.383 e. The predicted molar refractivity (Wildman–Crippen MR) is 101 cm³/mol. The number of aromatic nitrogens is 2. The van der Waals surface area contributed by atoms with Crippen molar-refractivity contribution in [1.82, 2.24) is 20.6 Å². The van der Waals surface area contributed by atoms with Crippen molar-refractivity contribution in [3.8, 4) is 0 Å². The van der Waals surface area contributed by atoms with Crippen LogP contribution in [0.15, 0.2) is 41.2 Å². The minimum atomic E-state index is -0.249. The Morgan fingerprint density at radius 2 is 2.12 bits per heavy atom. The zero-order valence-electron chi connectivity index (χ0n) is 15.2. The number of methoxy groups -OCH3 is 1. The van der Waals surface area contributed by atoms with Gasteiger partial charge in [-0.1, -0.05) is 13.8 Å². The number of nitrogens with zero attached hydrogens (tertiary/aromatic N) is 3.